The number of hydrogen-bond donors (Lipinski definition) is 1. The lowest BCUT2D eigenvalue weighted by Gasteiger charge is -2.46. The minimum atomic E-state index is 0.0129. The molecule has 0 aromatic heterocycles. The molecule has 1 amide bonds. The van der Waals surface area contributed by atoms with E-state index in [9.17, 15) is 4.79 Å². The molecule has 2 saturated heterocycles. The molecule has 4 nitrogen and oxygen atoms in total. The Balaban J connectivity index is 1.85. The fraction of sp³-hybridized carbons (Fsp3) is 0.933. The maximum Gasteiger partial charge on any atom is 0.236 e. The standard InChI is InChI=1S/C15H29N3O/c1-15(2,3)16-10-14(19)18-9-7-13-12(11-18)6-5-8-17(13)4/h12-13,16H,5-11H2,1-4H3. The highest BCUT2D eigenvalue weighted by Gasteiger charge is 2.35. The van der Waals surface area contributed by atoms with E-state index in [1.165, 1.54) is 19.4 Å². The van der Waals surface area contributed by atoms with E-state index in [4.69, 9.17) is 0 Å². The van der Waals surface area contributed by atoms with Crippen LogP contribution >= 0.6 is 0 Å². The van der Waals surface area contributed by atoms with Crippen molar-refractivity contribution in [1.82, 2.24) is 15.1 Å². The number of nitrogens with one attached hydrogen (secondary N) is 1. The molecule has 4 heteroatoms. The average molecular weight is 267 g/mol. The topological polar surface area (TPSA) is 35.6 Å². The fourth-order valence-electron chi connectivity index (χ4n) is 3.33. The van der Waals surface area contributed by atoms with Crippen LogP contribution in [0.2, 0.25) is 0 Å². The van der Waals surface area contributed by atoms with E-state index >= 15 is 0 Å². The van der Waals surface area contributed by atoms with Gasteiger partial charge in [-0.15, -0.1) is 0 Å². The van der Waals surface area contributed by atoms with E-state index in [2.05, 4.69) is 42.9 Å². The smallest absolute Gasteiger partial charge is 0.236 e. The molecule has 0 spiro atoms. The van der Waals surface area contributed by atoms with Crippen molar-refractivity contribution >= 4 is 5.91 Å². The van der Waals surface area contributed by atoms with Crippen molar-refractivity contribution in [1.29, 1.82) is 0 Å². The molecule has 2 aliphatic heterocycles. The largest absolute Gasteiger partial charge is 0.341 e. The van der Waals surface area contributed by atoms with Gasteiger partial charge in [-0.05, 0) is 59.5 Å². The summed E-state index contributed by atoms with van der Waals surface area (Å²) in [5.41, 5.74) is 0.0129. The minimum absolute atomic E-state index is 0.0129. The number of piperidine rings is 2. The summed E-state index contributed by atoms with van der Waals surface area (Å²) in [5.74, 6) is 0.952. The van der Waals surface area contributed by atoms with E-state index in [0.29, 0.717) is 18.5 Å². The molecule has 2 fully saturated rings. The summed E-state index contributed by atoms with van der Waals surface area (Å²) in [6, 6.07) is 0.702. The van der Waals surface area contributed by atoms with E-state index < -0.39 is 0 Å². The Morgan fingerprint density at radius 3 is 2.68 bits per heavy atom. The summed E-state index contributed by atoms with van der Waals surface area (Å²) in [4.78, 5) is 16.8. The van der Waals surface area contributed by atoms with Crippen LogP contribution < -0.4 is 5.32 Å². The molecule has 2 heterocycles. The molecule has 110 valence electrons. The molecular weight excluding hydrogens is 238 g/mol. The first kappa shape index (κ1) is 14.8. The van der Waals surface area contributed by atoms with Crippen molar-refractivity contribution in [3.63, 3.8) is 0 Å². The molecule has 0 bridgehead atoms. The van der Waals surface area contributed by atoms with Crippen LogP contribution in [0, 0.1) is 5.92 Å². The Morgan fingerprint density at radius 1 is 1.26 bits per heavy atom. The molecule has 0 aromatic rings. The summed E-state index contributed by atoms with van der Waals surface area (Å²) in [7, 11) is 2.23. The van der Waals surface area contributed by atoms with Gasteiger partial charge < -0.3 is 15.1 Å². The monoisotopic (exact) mass is 267 g/mol. The summed E-state index contributed by atoms with van der Waals surface area (Å²) in [6.07, 6.45) is 3.70. The van der Waals surface area contributed by atoms with Crippen LogP contribution in [0.1, 0.15) is 40.0 Å². The van der Waals surface area contributed by atoms with Crippen molar-refractivity contribution in [3.05, 3.63) is 0 Å². The second kappa shape index (κ2) is 5.80. The predicted molar refractivity (Wildman–Crippen MR) is 78.1 cm³/mol. The van der Waals surface area contributed by atoms with Crippen LogP contribution in [0.15, 0.2) is 0 Å². The van der Waals surface area contributed by atoms with Crippen molar-refractivity contribution in [2.24, 2.45) is 5.92 Å². The van der Waals surface area contributed by atoms with Gasteiger partial charge in [0, 0.05) is 24.7 Å². The number of carbonyl (C=O) groups excluding carboxylic acids is 1. The Hall–Kier alpha value is -0.610. The van der Waals surface area contributed by atoms with Gasteiger partial charge in [0.15, 0.2) is 0 Å². The first-order chi connectivity index (χ1) is 8.87. The van der Waals surface area contributed by atoms with E-state index in [0.717, 1.165) is 19.5 Å². The van der Waals surface area contributed by atoms with Gasteiger partial charge in [-0.3, -0.25) is 4.79 Å². The van der Waals surface area contributed by atoms with Crippen LogP contribution in [0.3, 0.4) is 0 Å². The van der Waals surface area contributed by atoms with Crippen LogP contribution in [0.25, 0.3) is 0 Å². The Morgan fingerprint density at radius 2 is 2.00 bits per heavy atom. The first-order valence-electron chi connectivity index (χ1n) is 7.60. The van der Waals surface area contributed by atoms with Crippen LogP contribution in [-0.2, 0) is 4.79 Å². The average Bonchev–Trinajstić information content (AvgIpc) is 2.35. The number of amides is 1. The molecule has 19 heavy (non-hydrogen) atoms. The number of rotatable bonds is 2. The Labute approximate surface area is 117 Å². The van der Waals surface area contributed by atoms with E-state index in [-0.39, 0.29) is 11.4 Å². The molecule has 2 aliphatic rings. The van der Waals surface area contributed by atoms with Gasteiger partial charge in [-0.25, -0.2) is 0 Å². The van der Waals surface area contributed by atoms with Gasteiger partial charge in [0.1, 0.15) is 0 Å². The third-order valence-electron chi connectivity index (χ3n) is 4.47. The molecule has 2 rings (SSSR count). The zero-order valence-corrected chi connectivity index (χ0v) is 12.9. The molecule has 0 aliphatic carbocycles. The number of hydrogen-bond acceptors (Lipinski definition) is 3. The number of fused-ring (bicyclic) bond motifs is 1. The Bertz CT molecular complexity index is 324. The first-order valence-corrected chi connectivity index (χ1v) is 7.60. The summed E-state index contributed by atoms with van der Waals surface area (Å²) in [6.45, 7) is 9.88. The zero-order valence-electron chi connectivity index (χ0n) is 12.9. The van der Waals surface area contributed by atoms with Crippen molar-refractivity contribution in [2.45, 2.75) is 51.6 Å². The lowest BCUT2D eigenvalue weighted by atomic mass is 9.84. The van der Waals surface area contributed by atoms with Gasteiger partial charge in [0.2, 0.25) is 5.91 Å². The zero-order chi connectivity index (χ0) is 14.0. The fourth-order valence-corrected chi connectivity index (χ4v) is 3.33. The maximum atomic E-state index is 12.3. The van der Waals surface area contributed by atoms with Crippen LogP contribution in [-0.4, -0.2) is 60.5 Å². The number of likely N-dealkylation sites (tertiary alicyclic amines) is 2. The number of nitrogens with zero attached hydrogens (tertiary/aromatic N) is 2. The predicted octanol–water partition coefficient (Wildman–Crippen LogP) is 1.32. The molecule has 0 radical (unpaired) electrons. The second-order valence-corrected chi connectivity index (χ2v) is 7.18. The van der Waals surface area contributed by atoms with Gasteiger partial charge in [0.25, 0.3) is 0 Å². The molecule has 0 aromatic carbocycles. The summed E-state index contributed by atoms with van der Waals surface area (Å²) in [5, 5.41) is 3.30. The summed E-state index contributed by atoms with van der Waals surface area (Å²) < 4.78 is 0. The SMILES string of the molecule is CN1CCCC2CN(C(=O)CNC(C)(C)C)CCC21. The van der Waals surface area contributed by atoms with Crippen LogP contribution in [0.4, 0.5) is 0 Å². The third-order valence-corrected chi connectivity index (χ3v) is 4.47. The van der Waals surface area contributed by atoms with Gasteiger partial charge in [-0.1, -0.05) is 0 Å². The maximum absolute atomic E-state index is 12.3. The molecule has 1 N–H and O–H groups in total. The molecule has 2 atom stereocenters. The van der Waals surface area contributed by atoms with E-state index in [1.54, 1.807) is 0 Å². The highest BCUT2D eigenvalue weighted by Crippen LogP contribution is 2.29. The summed E-state index contributed by atoms with van der Waals surface area (Å²) >= 11 is 0. The molecular formula is C15H29N3O. The minimum Gasteiger partial charge on any atom is -0.341 e. The third kappa shape index (κ3) is 3.93. The van der Waals surface area contributed by atoms with Gasteiger partial charge in [0.05, 0.1) is 6.54 Å². The van der Waals surface area contributed by atoms with Gasteiger partial charge >= 0.3 is 0 Å². The quantitative estimate of drug-likeness (QED) is 0.819. The van der Waals surface area contributed by atoms with Crippen molar-refractivity contribution < 1.29 is 4.79 Å². The highest BCUT2D eigenvalue weighted by molar-refractivity contribution is 5.78. The lowest BCUT2D eigenvalue weighted by Crippen LogP contribution is -2.55. The molecule has 0 saturated carbocycles. The highest BCUT2D eigenvalue weighted by atomic mass is 16.2. The van der Waals surface area contributed by atoms with Crippen molar-refractivity contribution in [3.8, 4) is 0 Å². The van der Waals surface area contributed by atoms with E-state index in [1.807, 2.05) is 0 Å². The second-order valence-electron chi connectivity index (χ2n) is 7.18. The van der Waals surface area contributed by atoms with Crippen molar-refractivity contribution in [2.75, 3.05) is 33.2 Å². The normalized spacial score (nSPS) is 29.2. The van der Waals surface area contributed by atoms with Gasteiger partial charge in [-0.2, -0.15) is 0 Å². The lowest BCUT2D eigenvalue weighted by molar-refractivity contribution is -0.134. The van der Waals surface area contributed by atoms with Crippen LogP contribution in [0.5, 0.6) is 0 Å². The number of carbonyl (C=O) groups is 1. The Kier molecular flexibility index (Phi) is 4.51. The molecule has 2 unspecified atom stereocenters.